The fraction of sp³-hybridized carbons (Fsp3) is 0.714. The molecule has 0 heterocycles. The normalized spacial score (nSPS) is 12.7. The molecule has 0 aliphatic carbocycles. The van der Waals surface area contributed by atoms with E-state index in [1.165, 1.54) is 45.4 Å². The van der Waals surface area contributed by atoms with Gasteiger partial charge in [0.2, 0.25) is 5.91 Å². The van der Waals surface area contributed by atoms with E-state index in [1.54, 1.807) is 0 Å². The molecule has 0 aromatic heterocycles. The molecule has 144 valence electrons. The maximum absolute atomic E-state index is 11.5. The number of unbranched alkanes of at least 4 members (excludes halogenated alkanes) is 8. The number of carbonyl (C=O) groups excluding carboxylic acids is 1. The fourth-order valence-electron chi connectivity index (χ4n) is 2.47. The Hall–Kier alpha value is -1.58. The number of nitrogens with one attached hydrogen (secondary N) is 1. The minimum atomic E-state index is -0.992. The minimum absolute atomic E-state index is 0.166. The molecular formula is C21H37NO3. The summed E-state index contributed by atoms with van der Waals surface area (Å²) >= 11 is 0. The number of allylic oxidation sites excluding steroid dienone is 4. The monoisotopic (exact) mass is 351 g/mol. The Kier molecular flexibility index (Phi) is 16.2. The molecule has 0 rings (SSSR count). The van der Waals surface area contributed by atoms with E-state index in [9.17, 15) is 9.59 Å². The van der Waals surface area contributed by atoms with Crippen LogP contribution in [-0.2, 0) is 9.59 Å². The zero-order valence-corrected chi connectivity index (χ0v) is 16.1. The lowest BCUT2D eigenvalue weighted by Crippen LogP contribution is -2.38. The van der Waals surface area contributed by atoms with Gasteiger partial charge in [-0.1, -0.05) is 63.3 Å². The molecule has 4 heteroatoms. The number of hydrogen-bond donors (Lipinski definition) is 2. The highest BCUT2D eigenvalue weighted by Gasteiger charge is 2.12. The van der Waals surface area contributed by atoms with Crippen LogP contribution in [0, 0.1) is 0 Å². The molecule has 1 amide bonds. The zero-order chi connectivity index (χ0) is 18.8. The second kappa shape index (κ2) is 17.2. The summed E-state index contributed by atoms with van der Waals surface area (Å²) in [6, 6.07) is -0.800. The minimum Gasteiger partial charge on any atom is -0.480 e. The third-order valence-electron chi connectivity index (χ3n) is 4.10. The highest BCUT2D eigenvalue weighted by atomic mass is 16.4. The summed E-state index contributed by atoms with van der Waals surface area (Å²) in [5.41, 5.74) is 0. The van der Waals surface area contributed by atoms with Gasteiger partial charge in [-0.25, -0.2) is 0 Å². The van der Waals surface area contributed by atoms with Crippen LogP contribution in [0.3, 0.4) is 0 Å². The average Bonchev–Trinajstić information content (AvgIpc) is 2.58. The van der Waals surface area contributed by atoms with E-state index in [0.29, 0.717) is 6.42 Å². The molecular weight excluding hydrogens is 314 g/mol. The second-order valence-corrected chi connectivity index (χ2v) is 6.61. The van der Waals surface area contributed by atoms with Crippen molar-refractivity contribution < 1.29 is 14.7 Å². The first-order valence-electron chi connectivity index (χ1n) is 9.90. The van der Waals surface area contributed by atoms with E-state index < -0.39 is 12.0 Å². The highest BCUT2D eigenvalue weighted by Crippen LogP contribution is 2.08. The predicted molar refractivity (Wildman–Crippen MR) is 105 cm³/mol. The zero-order valence-electron chi connectivity index (χ0n) is 16.1. The Bertz CT molecular complexity index is 402. The SMILES string of the molecule is CCCCC/C=C\C/C=C\CCCCCCCC(=O)N[C@H](C)C(=O)O. The van der Waals surface area contributed by atoms with E-state index in [1.807, 2.05) is 0 Å². The van der Waals surface area contributed by atoms with E-state index in [0.717, 1.165) is 32.1 Å². The van der Waals surface area contributed by atoms with Crippen LogP contribution < -0.4 is 5.32 Å². The van der Waals surface area contributed by atoms with Crippen molar-refractivity contribution >= 4 is 11.9 Å². The van der Waals surface area contributed by atoms with Crippen molar-refractivity contribution in [2.24, 2.45) is 0 Å². The van der Waals surface area contributed by atoms with E-state index in [4.69, 9.17) is 5.11 Å². The molecule has 0 aliphatic heterocycles. The lowest BCUT2D eigenvalue weighted by molar-refractivity contribution is -0.141. The molecule has 0 fully saturated rings. The largest absolute Gasteiger partial charge is 0.480 e. The molecule has 0 spiro atoms. The molecule has 2 N–H and O–H groups in total. The third-order valence-corrected chi connectivity index (χ3v) is 4.10. The van der Waals surface area contributed by atoms with Gasteiger partial charge in [0, 0.05) is 6.42 Å². The molecule has 4 nitrogen and oxygen atoms in total. The number of amides is 1. The summed E-state index contributed by atoms with van der Waals surface area (Å²) < 4.78 is 0. The first kappa shape index (κ1) is 23.4. The van der Waals surface area contributed by atoms with Gasteiger partial charge in [0.05, 0.1) is 0 Å². The van der Waals surface area contributed by atoms with E-state index in [-0.39, 0.29) is 5.91 Å². The molecule has 0 radical (unpaired) electrons. The van der Waals surface area contributed by atoms with Crippen molar-refractivity contribution in [1.29, 1.82) is 0 Å². The average molecular weight is 352 g/mol. The van der Waals surface area contributed by atoms with Gasteiger partial charge < -0.3 is 10.4 Å². The topological polar surface area (TPSA) is 66.4 Å². The first-order chi connectivity index (χ1) is 12.1. The van der Waals surface area contributed by atoms with Crippen molar-refractivity contribution in [2.75, 3.05) is 0 Å². The summed E-state index contributed by atoms with van der Waals surface area (Å²) in [7, 11) is 0. The molecule has 0 aromatic rings. The summed E-state index contributed by atoms with van der Waals surface area (Å²) in [4.78, 5) is 22.1. The van der Waals surface area contributed by atoms with Crippen LogP contribution in [0.4, 0.5) is 0 Å². The number of carbonyl (C=O) groups is 2. The van der Waals surface area contributed by atoms with Gasteiger partial charge in [0.15, 0.2) is 0 Å². The van der Waals surface area contributed by atoms with Crippen molar-refractivity contribution in [1.82, 2.24) is 5.32 Å². The molecule has 0 aromatic carbocycles. The summed E-state index contributed by atoms with van der Waals surface area (Å²) in [5.74, 6) is -1.16. The Morgan fingerprint density at radius 1 is 0.880 bits per heavy atom. The van der Waals surface area contributed by atoms with Gasteiger partial charge in [0.1, 0.15) is 6.04 Å². The molecule has 0 saturated heterocycles. The maximum atomic E-state index is 11.5. The van der Waals surface area contributed by atoms with Gasteiger partial charge in [-0.2, -0.15) is 0 Å². The summed E-state index contributed by atoms with van der Waals surface area (Å²) in [6.07, 6.45) is 22.1. The number of carboxylic acids is 1. The van der Waals surface area contributed by atoms with Crippen LogP contribution in [0.5, 0.6) is 0 Å². The van der Waals surface area contributed by atoms with Crippen molar-refractivity contribution in [3.63, 3.8) is 0 Å². The lowest BCUT2D eigenvalue weighted by atomic mass is 10.1. The first-order valence-corrected chi connectivity index (χ1v) is 9.90. The fourth-order valence-corrected chi connectivity index (χ4v) is 2.47. The summed E-state index contributed by atoms with van der Waals surface area (Å²) in [5, 5.41) is 11.2. The standard InChI is InChI=1S/C21H37NO3/c1-3-4-5-6-7-8-9-10-11-12-13-14-15-16-17-18-20(23)22-19(2)21(24)25/h7-8,10-11,19H,3-6,9,12-18H2,1-2H3,(H,22,23)(H,24,25)/b8-7-,11-10-/t19-/m1/s1. The van der Waals surface area contributed by atoms with Crippen molar-refractivity contribution in [3.05, 3.63) is 24.3 Å². The van der Waals surface area contributed by atoms with Crippen molar-refractivity contribution in [3.8, 4) is 0 Å². The van der Waals surface area contributed by atoms with Gasteiger partial charge >= 0.3 is 5.97 Å². The Morgan fingerprint density at radius 2 is 1.44 bits per heavy atom. The molecule has 0 saturated carbocycles. The molecule has 0 unspecified atom stereocenters. The van der Waals surface area contributed by atoms with E-state index >= 15 is 0 Å². The number of hydrogen-bond acceptors (Lipinski definition) is 2. The quantitative estimate of drug-likeness (QED) is 0.289. The van der Waals surface area contributed by atoms with Gasteiger partial charge in [0.25, 0.3) is 0 Å². The molecule has 0 bridgehead atoms. The number of carboxylic acid groups (broad SMARTS) is 1. The Balaban J connectivity index is 3.37. The van der Waals surface area contributed by atoms with Crippen LogP contribution in [0.25, 0.3) is 0 Å². The van der Waals surface area contributed by atoms with Crippen LogP contribution in [0.2, 0.25) is 0 Å². The van der Waals surface area contributed by atoms with Gasteiger partial charge in [-0.15, -0.1) is 0 Å². The lowest BCUT2D eigenvalue weighted by Gasteiger charge is -2.08. The van der Waals surface area contributed by atoms with Crippen LogP contribution in [0.15, 0.2) is 24.3 Å². The molecule has 25 heavy (non-hydrogen) atoms. The smallest absolute Gasteiger partial charge is 0.325 e. The predicted octanol–water partition coefficient (Wildman–Crippen LogP) is 5.39. The maximum Gasteiger partial charge on any atom is 0.325 e. The number of rotatable bonds is 16. The van der Waals surface area contributed by atoms with E-state index in [2.05, 4.69) is 36.5 Å². The van der Waals surface area contributed by atoms with Crippen LogP contribution in [-0.4, -0.2) is 23.0 Å². The summed E-state index contributed by atoms with van der Waals surface area (Å²) in [6.45, 7) is 3.71. The molecule has 1 atom stereocenters. The Labute approximate surface area is 153 Å². The van der Waals surface area contributed by atoms with Gasteiger partial charge in [-0.3, -0.25) is 9.59 Å². The van der Waals surface area contributed by atoms with Crippen LogP contribution >= 0.6 is 0 Å². The van der Waals surface area contributed by atoms with Crippen molar-refractivity contribution in [2.45, 2.75) is 96.9 Å². The molecule has 0 aliphatic rings. The highest BCUT2D eigenvalue weighted by molar-refractivity contribution is 5.83. The number of aliphatic carboxylic acids is 1. The third kappa shape index (κ3) is 17.0. The Morgan fingerprint density at radius 3 is 2.04 bits per heavy atom. The second-order valence-electron chi connectivity index (χ2n) is 6.61. The van der Waals surface area contributed by atoms with Gasteiger partial charge in [-0.05, 0) is 45.4 Å². The van der Waals surface area contributed by atoms with Crippen LogP contribution in [0.1, 0.15) is 90.9 Å².